The normalized spacial score (nSPS) is 11.1. The second-order valence-corrected chi connectivity index (χ2v) is 4.81. The van der Waals surface area contributed by atoms with Gasteiger partial charge in [-0.1, -0.05) is 13.0 Å². The van der Waals surface area contributed by atoms with E-state index in [9.17, 15) is 0 Å². The zero-order valence-corrected chi connectivity index (χ0v) is 9.73. The number of nitrogens with one attached hydrogen (secondary N) is 1. The Morgan fingerprint density at radius 1 is 1.40 bits per heavy atom. The molecular weight excluding hydrogens is 204 g/mol. The van der Waals surface area contributed by atoms with Crippen LogP contribution in [0.4, 0.5) is 0 Å². The summed E-state index contributed by atoms with van der Waals surface area (Å²) in [5, 5.41) is 1.32. The number of rotatable bonds is 4. The third kappa shape index (κ3) is 2.19. The van der Waals surface area contributed by atoms with Gasteiger partial charge in [0.2, 0.25) is 0 Å². The summed E-state index contributed by atoms with van der Waals surface area (Å²) in [4.78, 5) is 3.29. The van der Waals surface area contributed by atoms with E-state index in [0.29, 0.717) is 6.54 Å². The van der Waals surface area contributed by atoms with Crippen molar-refractivity contribution in [2.45, 2.75) is 19.2 Å². The highest BCUT2D eigenvalue weighted by Crippen LogP contribution is 2.23. The predicted octanol–water partition coefficient (Wildman–Crippen LogP) is 2.88. The number of aromatic amines is 1. The van der Waals surface area contributed by atoms with Crippen molar-refractivity contribution in [2.24, 2.45) is 5.73 Å². The maximum Gasteiger partial charge on any atom is 0.0457 e. The minimum Gasteiger partial charge on any atom is -0.361 e. The first-order valence-electron chi connectivity index (χ1n) is 5.22. The molecule has 0 radical (unpaired) electrons. The molecule has 0 saturated heterocycles. The van der Waals surface area contributed by atoms with Gasteiger partial charge in [0.25, 0.3) is 0 Å². The topological polar surface area (TPSA) is 41.8 Å². The van der Waals surface area contributed by atoms with E-state index in [-0.39, 0.29) is 0 Å². The van der Waals surface area contributed by atoms with Crippen molar-refractivity contribution in [2.75, 3.05) is 5.75 Å². The van der Waals surface area contributed by atoms with Crippen LogP contribution in [0.3, 0.4) is 0 Å². The van der Waals surface area contributed by atoms with Gasteiger partial charge in [0.1, 0.15) is 0 Å². The van der Waals surface area contributed by atoms with Crippen LogP contribution in [-0.2, 0) is 12.3 Å². The number of thioether (sulfide) groups is 1. The van der Waals surface area contributed by atoms with Crippen LogP contribution >= 0.6 is 11.8 Å². The molecule has 0 bridgehead atoms. The molecule has 1 aromatic carbocycles. The van der Waals surface area contributed by atoms with Crippen molar-refractivity contribution < 1.29 is 0 Å². The first-order chi connectivity index (χ1) is 7.35. The molecule has 0 atom stereocenters. The summed E-state index contributed by atoms with van der Waals surface area (Å²) in [5.41, 5.74) is 9.43. The molecule has 80 valence electrons. The van der Waals surface area contributed by atoms with E-state index in [1.807, 2.05) is 11.8 Å². The van der Waals surface area contributed by atoms with Crippen LogP contribution in [0.1, 0.15) is 18.1 Å². The van der Waals surface area contributed by atoms with Crippen LogP contribution in [-0.4, -0.2) is 10.7 Å². The highest BCUT2D eigenvalue weighted by Gasteiger charge is 2.03. The number of benzene rings is 1. The second kappa shape index (κ2) is 4.73. The van der Waals surface area contributed by atoms with E-state index in [1.165, 1.54) is 22.0 Å². The van der Waals surface area contributed by atoms with Gasteiger partial charge in [-0.3, -0.25) is 0 Å². The first-order valence-corrected chi connectivity index (χ1v) is 6.37. The summed E-state index contributed by atoms with van der Waals surface area (Å²) >= 11 is 1.94. The van der Waals surface area contributed by atoms with Gasteiger partial charge in [0.05, 0.1) is 0 Å². The molecule has 0 aliphatic carbocycles. The fraction of sp³-hybridized carbons (Fsp3) is 0.333. The van der Waals surface area contributed by atoms with E-state index >= 15 is 0 Å². The average molecular weight is 220 g/mol. The Bertz CT molecular complexity index is 448. The Balaban J connectivity index is 2.38. The molecule has 2 rings (SSSR count). The second-order valence-electron chi connectivity index (χ2n) is 3.54. The maximum absolute atomic E-state index is 5.64. The zero-order valence-electron chi connectivity index (χ0n) is 8.92. The van der Waals surface area contributed by atoms with Crippen molar-refractivity contribution in [3.05, 3.63) is 35.5 Å². The fourth-order valence-corrected chi connectivity index (χ4v) is 2.35. The molecular formula is C12H16N2S. The Kier molecular flexibility index (Phi) is 3.34. The minimum absolute atomic E-state index is 0.613. The monoisotopic (exact) mass is 220 g/mol. The van der Waals surface area contributed by atoms with Crippen LogP contribution in [0, 0.1) is 0 Å². The summed E-state index contributed by atoms with van der Waals surface area (Å²) in [6.45, 7) is 2.80. The van der Waals surface area contributed by atoms with Crippen LogP contribution < -0.4 is 5.73 Å². The van der Waals surface area contributed by atoms with Crippen LogP contribution in [0.5, 0.6) is 0 Å². The lowest BCUT2D eigenvalue weighted by atomic mass is 10.1. The largest absolute Gasteiger partial charge is 0.361 e. The molecule has 2 nitrogen and oxygen atoms in total. The highest BCUT2D eigenvalue weighted by atomic mass is 32.2. The molecule has 15 heavy (non-hydrogen) atoms. The number of aromatic nitrogens is 1. The molecule has 0 aliphatic rings. The van der Waals surface area contributed by atoms with E-state index < -0.39 is 0 Å². The lowest BCUT2D eigenvalue weighted by Gasteiger charge is -2.00. The smallest absolute Gasteiger partial charge is 0.0457 e. The minimum atomic E-state index is 0.613. The lowest BCUT2D eigenvalue weighted by molar-refractivity contribution is 1.08. The van der Waals surface area contributed by atoms with Crippen molar-refractivity contribution in [1.82, 2.24) is 4.98 Å². The highest BCUT2D eigenvalue weighted by molar-refractivity contribution is 7.98. The van der Waals surface area contributed by atoms with Gasteiger partial charge < -0.3 is 10.7 Å². The van der Waals surface area contributed by atoms with Crippen LogP contribution in [0.15, 0.2) is 24.4 Å². The van der Waals surface area contributed by atoms with E-state index in [2.05, 4.69) is 36.3 Å². The number of H-pyrrole nitrogens is 1. The number of hydrogen-bond donors (Lipinski definition) is 2. The molecule has 2 aromatic rings. The molecule has 0 unspecified atom stereocenters. The van der Waals surface area contributed by atoms with Crippen molar-refractivity contribution in [3.63, 3.8) is 0 Å². The number of hydrogen-bond acceptors (Lipinski definition) is 2. The Morgan fingerprint density at radius 3 is 3.00 bits per heavy atom. The van der Waals surface area contributed by atoms with Gasteiger partial charge in [-0.15, -0.1) is 0 Å². The van der Waals surface area contributed by atoms with Crippen molar-refractivity contribution in [1.29, 1.82) is 0 Å². The van der Waals surface area contributed by atoms with Gasteiger partial charge in [-0.2, -0.15) is 11.8 Å². The van der Waals surface area contributed by atoms with Crippen molar-refractivity contribution >= 4 is 22.7 Å². The molecule has 1 heterocycles. The third-order valence-corrected chi connectivity index (χ3v) is 3.45. The average Bonchev–Trinajstić information content (AvgIpc) is 2.68. The Hall–Kier alpha value is -0.930. The molecule has 0 saturated carbocycles. The summed E-state index contributed by atoms with van der Waals surface area (Å²) in [7, 11) is 0. The summed E-state index contributed by atoms with van der Waals surface area (Å²) < 4.78 is 0. The summed E-state index contributed by atoms with van der Waals surface area (Å²) in [6.07, 6.45) is 2.10. The predicted molar refractivity (Wildman–Crippen MR) is 68.0 cm³/mol. The Morgan fingerprint density at radius 2 is 2.27 bits per heavy atom. The van der Waals surface area contributed by atoms with E-state index in [1.54, 1.807) is 0 Å². The van der Waals surface area contributed by atoms with Gasteiger partial charge >= 0.3 is 0 Å². The third-order valence-electron chi connectivity index (χ3n) is 2.53. The lowest BCUT2D eigenvalue weighted by Crippen LogP contribution is -1.95. The van der Waals surface area contributed by atoms with Crippen molar-refractivity contribution in [3.8, 4) is 0 Å². The van der Waals surface area contributed by atoms with Gasteiger partial charge in [-0.05, 0) is 29.0 Å². The molecule has 3 heteroatoms. The first kappa shape index (κ1) is 10.6. The number of fused-ring (bicyclic) bond motifs is 1. The van der Waals surface area contributed by atoms with Crippen LogP contribution in [0.25, 0.3) is 10.9 Å². The van der Waals surface area contributed by atoms with Gasteiger partial charge in [0.15, 0.2) is 0 Å². The maximum atomic E-state index is 5.64. The van der Waals surface area contributed by atoms with E-state index in [0.717, 1.165) is 11.5 Å². The summed E-state index contributed by atoms with van der Waals surface area (Å²) in [6, 6.07) is 6.38. The molecule has 0 aliphatic heterocycles. The zero-order chi connectivity index (χ0) is 10.7. The SMILES string of the molecule is CCSCc1c[nH]c2ccc(CN)cc12. The Labute approximate surface area is 94.2 Å². The molecule has 0 fully saturated rings. The standard InChI is InChI=1S/C12H16N2S/c1-2-15-8-10-7-14-12-4-3-9(6-13)5-11(10)12/h3-5,7,14H,2,6,8,13H2,1H3. The fourth-order valence-electron chi connectivity index (χ4n) is 1.68. The van der Waals surface area contributed by atoms with Gasteiger partial charge in [0, 0.05) is 29.4 Å². The molecule has 0 spiro atoms. The van der Waals surface area contributed by atoms with Crippen LogP contribution in [0.2, 0.25) is 0 Å². The molecule has 3 N–H and O–H groups in total. The van der Waals surface area contributed by atoms with E-state index in [4.69, 9.17) is 5.73 Å². The molecule has 0 amide bonds. The number of nitrogens with two attached hydrogens (primary N) is 1. The quantitative estimate of drug-likeness (QED) is 0.832. The summed E-state index contributed by atoms with van der Waals surface area (Å²) in [5.74, 6) is 2.23. The molecule has 1 aromatic heterocycles. The van der Waals surface area contributed by atoms with Gasteiger partial charge in [-0.25, -0.2) is 0 Å².